The average Bonchev–Trinajstić information content (AvgIpc) is 2.41. The normalized spacial score (nSPS) is 19.6. The predicted molar refractivity (Wildman–Crippen MR) is 86.1 cm³/mol. The maximum atomic E-state index is 12.5. The molecule has 0 aliphatic heterocycles. The topological polar surface area (TPSA) is 83.5 Å². The van der Waals surface area contributed by atoms with Crippen molar-refractivity contribution >= 4 is 17.5 Å². The van der Waals surface area contributed by atoms with E-state index in [1.165, 1.54) is 0 Å². The van der Waals surface area contributed by atoms with Gasteiger partial charge in [0.2, 0.25) is 0 Å². The summed E-state index contributed by atoms with van der Waals surface area (Å²) in [7, 11) is 0. The molecule has 5 heteroatoms. The molecular formula is C18H23NO4. The van der Waals surface area contributed by atoms with Gasteiger partial charge in [0.1, 0.15) is 11.6 Å². The molecule has 1 unspecified atom stereocenters. The summed E-state index contributed by atoms with van der Waals surface area (Å²) in [6.07, 6.45) is 0.668. The van der Waals surface area contributed by atoms with Crippen LogP contribution in [0.25, 0.3) is 0 Å². The van der Waals surface area contributed by atoms with Gasteiger partial charge in [-0.05, 0) is 17.9 Å². The van der Waals surface area contributed by atoms with Crippen molar-refractivity contribution in [3.8, 4) is 0 Å². The monoisotopic (exact) mass is 317 g/mol. The number of benzene rings is 1. The third-order valence-corrected chi connectivity index (χ3v) is 4.24. The maximum absolute atomic E-state index is 12.5. The molecule has 2 rings (SSSR count). The molecule has 0 radical (unpaired) electrons. The molecule has 1 aromatic carbocycles. The van der Waals surface area contributed by atoms with E-state index < -0.39 is 17.9 Å². The lowest BCUT2D eigenvalue weighted by atomic mass is 9.68. The molecule has 0 saturated heterocycles. The number of aryl methyl sites for hydroxylation is 1. The lowest BCUT2D eigenvalue weighted by Gasteiger charge is -2.36. The molecule has 0 amide bonds. The molecule has 1 aliphatic rings. The Hall–Kier alpha value is -2.01. The number of rotatable bonds is 5. The molecule has 2 N–H and O–H groups in total. The summed E-state index contributed by atoms with van der Waals surface area (Å²) in [5.41, 5.74) is 1.51. The van der Waals surface area contributed by atoms with Crippen LogP contribution < -0.4 is 5.32 Å². The van der Waals surface area contributed by atoms with Gasteiger partial charge in [-0.3, -0.25) is 19.7 Å². The number of carbonyl (C=O) groups excluding carboxylic acids is 2. The summed E-state index contributed by atoms with van der Waals surface area (Å²) >= 11 is 0. The van der Waals surface area contributed by atoms with Gasteiger partial charge < -0.3 is 5.11 Å². The third-order valence-electron chi connectivity index (χ3n) is 4.24. The fourth-order valence-corrected chi connectivity index (χ4v) is 3.18. The highest BCUT2D eigenvalue weighted by Crippen LogP contribution is 2.38. The molecule has 0 aromatic heterocycles. The van der Waals surface area contributed by atoms with Crippen LogP contribution in [-0.2, 0) is 14.4 Å². The van der Waals surface area contributed by atoms with Crippen LogP contribution in [0, 0.1) is 18.3 Å². The summed E-state index contributed by atoms with van der Waals surface area (Å²) in [4.78, 5) is 36.0. The lowest BCUT2D eigenvalue weighted by molar-refractivity contribution is -0.142. The van der Waals surface area contributed by atoms with E-state index in [0.717, 1.165) is 11.1 Å². The predicted octanol–water partition coefficient (Wildman–Crippen LogP) is 2.28. The first-order valence-corrected chi connectivity index (χ1v) is 7.77. The minimum atomic E-state index is -1.02. The maximum Gasteiger partial charge on any atom is 0.317 e. The van der Waals surface area contributed by atoms with E-state index in [1.54, 1.807) is 0 Å². The van der Waals surface area contributed by atoms with E-state index in [2.05, 4.69) is 5.32 Å². The van der Waals surface area contributed by atoms with Crippen LogP contribution in [0.1, 0.15) is 43.9 Å². The summed E-state index contributed by atoms with van der Waals surface area (Å²) < 4.78 is 0. The van der Waals surface area contributed by atoms with Crippen molar-refractivity contribution in [1.29, 1.82) is 0 Å². The van der Waals surface area contributed by atoms with Gasteiger partial charge in [-0.15, -0.1) is 0 Å². The van der Waals surface area contributed by atoms with Crippen molar-refractivity contribution in [2.75, 3.05) is 6.54 Å². The number of Topliss-reactive ketones (excluding diaryl/α,β-unsaturated/α-hetero) is 2. The third kappa shape index (κ3) is 4.26. The summed E-state index contributed by atoms with van der Waals surface area (Å²) in [5, 5.41) is 11.8. The molecule has 1 atom stereocenters. The van der Waals surface area contributed by atoms with Crippen LogP contribution in [0.3, 0.4) is 0 Å². The van der Waals surface area contributed by atoms with Gasteiger partial charge >= 0.3 is 5.97 Å². The van der Waals surface area contributed by atoms with Crippen LogP contribution in [0.2, 0.25) is 0 Å². The molecule has 0 heterocycles. The van der Waals surface area contributed by atoms with Crippen molar-refractivity contribution < 1.29 is 19.5 Å². The standard InChI is InChI=1S/C18H23NO4/c1-11-4-6-12(7-5-11)17(19-10-15(22)23)16-13(20)8-18(2,3)9-14(16)21/h4-7,16-17,19H,8-10H2,1-3H3,(H,22,23). The van der Waals surface area contributed by atoms with Gasteiger partial charge in [0.05, 0.1) is 12.5 Å². The molecule has 0 spiro atoms. The lowest BCUT2D eigenvalue weighted by Crippen LogP contribution is -2.45. The minimum Gasteiger partial charge on any atom is -0.480 e. The fraction of sp³-hybridized carbons (Fsp3) is 0.500. The zero-order chi connectivity index (χ0) is 17.2. The number of aliphatic carboxylic acids is 1. The molecule has 0 bridgehead atoms. The van der Waals surface area contributed by atoms with Crippen molar-refractivity contribution in [2.45, 2.75) is 39.7 Å². The Morgan fingerprint density at radius 2 is 1.74 bits per heavy atom. The quantitative estimate of drug-likeness (QED) is 0.814. The Bertz CT molecular complexity index is 598. The van der Waals surface area contributed by atoms with Gasteiger partial charge in [-0.2, -0.15) is 0 Å². The smallest absolute Gasteiger partial charge is 0.317 e. The van der Waals surface area contributed by atoms with Crippen molar-refractivity contribution in [1.82, 2.24) is 5.32 Å². The second-order valence-corrected chi connectivity index (χ2v) is 7.09. The molecule has 124 valence electrons. The van der Waals surface area contributed by atoms with Crippen LogP contribution in [0.5, 0.6) is 0 Å². The number of hydrogen-bond acceptors (Lipinski definition) is 4. The van der Waals surface area contributed by atoms with Crippen LogP contribution >= 0.6 is 0 Å². The minimum absolute atomic E-state index is 0.116. The zero-order valence-corrected chi connectivity index (χ0v) is 13.8. The summed E-state index contributed by atoms with van der Waals surface area (Å²) in [6, 6.07) is 6.88. The number of nitrogens with one attached hydrogen (secondary N) is 1. The van der Waals surface area contributed by atoms with E-state index in [9.17, 15) is 14.4 Å². The first-order valence-electron chi connectivity index (χ1n) is 7.77. The highest BCUT2D eigenvalue weighted by molar-refractivity contribution is 6.06. The number of carboxylic acid groups (broad SMARTS) is 1. The van der Waals surface area contributed by atoms with Gasteiger partial charge in [-0.1, -0.05) is 43.7 Å². The van der Waals surface area contributed by atoms with E-state index in [-0.39, 0.29) is 23.5 Å². The highest BCUT2D eigenvalue weighted by atomic mass is 16.4. The van der Waals surface area contributed by atoms with Crippen molar-refractivity contribution in [3.63, 3.8) is 0 Å². The van der Waals surface area contributed by atoms with Gasteiger partial charge in [-0.25, -0.2) is 0 Å². The van der Waals surface area contributed by atoms with Gasteiger partial charge in [0.15, 0.2) is 0 Å². The summed E-state index contributed by atoms with van der Waals surface area (Å²) in [5.74, 6) is -2.06. The van der Waals surface area contributed by atoms with Crippen LogP contribution in [-0.4, -0.2) is 29.2 Å². The van der Waals surface area contributed by atoms with Crippen LogP contribution in [0.4, 0.5) is 0 Å². The van der Waals surface area contributed by atoms with Crippen molar-refractivity contribution in [2.24, 2.45) is 11.3 Å². The largest absolute Gasteiger partial charge is 0.480 e. The molecule has 1 fully saturated rings. The number of carbonyl (C=O) groups is 3. The Labute approximate surface area is 136 Å². The van der Waals surface area contributed by atoms with Crippen LogP contribution in [0.15, 0.2) is 24.3 Å². The number of hydrogen-bond donors (Lipinski definition) is 2. The second kappa shape index (κ2) is 6.62. The second-order valence-electron chi connectivity index (χ2n) is 7.09. The molecule has 1 aromatic rings. The average molecular weight is 317 g/mol. The Kier molecular flexibility index (Phi) is 5.00. The van der Waals surface area contributed by atoms with Crippen molar-refractivity contribution in [3.05, 3.63) is 35.4 Å². The SMILES string of the molecule is Cc1ccc(C(NCC(=O)O)C2C(=O)CC(C)(C)CC2=O)cc1. The first kappa shape index (κ1) is 17.3. The van der Waals surface area contributed by atoms with Gasteiger partial charge in [0, 0.05) is 18.9 Å². The molecule has 1 aliphatic carbocycles. The summed E-state index contributed by atoms with van der Waals surface area (Å²) in [6.45, 7) is 5.47. The zero-order valence-electron chi connectivity index (χ0n) is 13.8. The Balaban J connectivity index is 2.32. The first-order chi connectivity index (χ1) is 10.7. The van der Waals surface area contributed by atoms with E-state index in [4.69, 9.17) is 5.11 Å². The Morgan fingerprint density at radius 3 is 2.22 bits per heavy atom. The van der Waals surface area contributed by atoms with E-state index >= 15 is 0 Å². The Morgan fingerprint density at radius 1 is 1.22 bits per heavy atom. The van der Waals surface area contributed by atoms with E-state index in [0.29, 0.717) is 12.8 Å². The fourth-order valence-electron chi connectivity index (χ4n) is 3.18. The highest BCUT2D eigenvalue weighted by Gasteiger charge is 2.43. The number of carboxylic acids is 1. The van der Waals surface area contributed by atoms with Gasteiger partial charge in [0.25, 0.3) is 0 Å². The molecular weight excluding hydrogens is 294 g/mol. The molecule has 5 nitrogen and oxygen atoms in total. The number of ketones is 2. The van der Waals surface area contributed by atoms with E-state index in [1.807, 2.05) is 45.0 Å². The molecule has 1 saturated carbocycles. The molecule has 23 heavy (non-hydrogen) atoms.